The molecular weight excluding hydrogens is 392 g/mol. The van der Waals surface area contributed by atoms with Crippen LogP contribution in [0.2, 0.25) is 0 Å². The number of benzene rings is 1. The molecule has 1 saturated carbocycles. The van der Waals surface area contributed by atoms with Crippen molar-refractivity contribution in [3.05, 3.63) is 34.9 Å². The van der Waals surface area contributed by atoms with E-state index in [-0.39, 0.29) is 29.6 Å². The van der Waals surface area contributed by atoms with Crippen molar-refractivity contribution in [2.75, 3.05) is 5.32 Å². The third-order valence-electron chi connectivity index (χ3n) is 6.56. The van der Waals surface area contributed by atoms with Gasteiger partial charge in [-0.05, 0) is 43.4 Å². The van der Waals surface area contributed by atoms with Crippen molar-refractivity contribution in [1.29, 1.82) is 0 Å². The lowest BCUT2D eigenvalue weighted by Gasteiger charge is -2.32. The van der Waals surface area contributed by atoms with E-state index >= 15 is 0 Å². The molecule has 1 aromatic heterocycles. The van der Waals surface area contributed by atoms with E-state index in [1.165, 1.54) is 12.1 Å². The van der Waals surface area contributed by atoms with Crippen molar-refractivity contribution in [2.45, 2.75) is 75.7 Å². The molecule has 0 radical (unpaired) electrons. The number of nitrogens with zero attached hydrogens (tertiary/aromatic N) is 2. The van der Waals surface area contributed by atoms with Crippen LogP contribution in [0.25, 0.3) is 11.3 Å². The fraction of sp³-hybridized carbons (Fsp3) is 0.545. The molecule has 3 aliphatic rings. The number of hydrogen-bond acceptors (Lipinski definition) is 6. The first-order chi connectivity index (χ1) is 14.5. The lowest BCUT2D eigenvalue weighted by atomic mass is 9.91. The minimum absolute atomic E-state index is 0.0825. The highest BCUT2D eigenvalue weighted by Gasteiger charge is 2.39. The number of rotatable bonds is 4. The largest absolute Gasteiger partial charge is 0.507 e. The number of phenols is 1. The number of ether oxygens (including phenoxy) is 1. The smallest absolute Gasteiger partial charge is 0.263 e. The van der Waals surface area contributed by atoms with Gasteiger partial charge in [0.15, 0.2) is 5.82 Å². The second-order valence-electron chi connectivity index (χ2n) is 8.50. The molecular formula is C22H25F2N3O3. The number of aromatic hydroxyl groups is 1. The van der Waals surface area contributed by atoms with Crippen LogP contribution in [0.1, 0.15) is 67.7 Å². The third-order valence-corrected chi connectivity index (χ3v) is 6.56. The zero-order valence-corrected chi connectivity index (χ0v) is 16.5. The Hall–Kier alpha value is -2.32. The van der Waals surface area contributed by atoms with Crippen LogP contribution in [0.15, 0.2) is 18.2 Å². The quantitative estimate of drug-likeness (QED) is 0.688. The van der Waals surface area contributed by atoms with Crippen LogP contribution in [0.4, 0.5) is 14.6 Å². The van der Waals surface area contributed by atoms with Gasteiger partial charge in [-0.3, -0.25) is 0 Å². The Bertz CT molecular complexity index is 955. The number of phenolic OH excluding ortho intramolecular Hbond substituents is 1. The molecule has 2 fully saturated rings. The Balaban J connectivity index is 1.57. The van der Waals surface area contributed by atoms with Gasteiger partial charge in [0.05, 0.1) is 24.4 Å². The van der Waals surface area contributed by atoms with Crippen LogP contribution < -0.4 is 5.32 Å². The van der Waals surface area contributed by atoms with Crippen molar-refractivity contribution in [1.82, 2.24) is 10.2 Å². The fourth-order valence-electron chi connectivity index (χ4n) is 5.00. The minimum Gasteiger partial charge on any atom is -0.507 e. The Morgan fingerprint density at radius 3 is 2.70 bits per heavy atom. The second kappa shape index (κ2) is 7.74. The first-order valence-corrected chi connectivity index (χ1v) is 10.6. The van der Waals surface area contributed by atoms with E-state index in [1.54, 1.807) is 0 Å². The van der Waals surface area contributed by atoms with Gasteiger partial charge < -0.3 is 20.3 Å². The molecule has 160 valence electrons. The molecule has 1 aliphatic carbocycles. The van der Waals surface area contributed by atoms with E-state index in [0.29, 0.717) is 23.5 Å². The van der Waals surface area contributed by atoms with Gasteiger partial charge in [-0.25, -0.2) is 8.78 Å². The number of anilines is 1. The lowest BCUT2D eigenvalue weighted by molar-refractivity contribution is 0.0324. The zero-order chi connectivity index (χ0) is 20.8. The van der Waals surface area contributed by atoms with Crippen molar-refractivity contribution < 1.29 is 23.7 Å². The highest BCUT2D eigenvalue weighted by molar-refractivity contribution is 5.73. The highest BCUT2D eigenvalue weighted by Crippen LogP contribution is 2.47. The van der Waals surface area contributed by atoms with Gasteiger partial charge in [0, 0.05) is 23.1 Å². The number of aliphatic hydroxyl groups is 1. The highest BCUT2D eigenvalue weighted by atomic mass is 19.3. The molecule has 0 spiro atoms. The Kier molecular flexibility index (Phi) is 5.06. The van der Waals surface area contributed by atoms with Crippen molar-refractivity contribution >= 4 is 5.82 Å². The van der Waals surface area contributed by atoms with Crippen LogP contribution in [0, 0.1) is 0 Å². The summed E-state index contributed by atoms with van der Waals surface area (Å²) in [5, 5.41) is 33.0. The molecule has 0 amide bonds. The van der Waals surface area contributed by atoms with Gasteiger partial charge in [0.1, 0.15) is 11.4 Å². The van der Waals surface area contributed by atoms with Gasteiger partial charge in [0.25, 0.3) is 6.43 Å². The summed E-state index contributed by atoms with van der Waals surface area (Å²) in [6.45, 7) is 0. The number of alkyl halides is 2. The molecule has 1 saturated heterocycles. The number of aromatic nitrogens is 2. The first-order valence-electron chi connectivity index (χ1n) is 10.6. The zero-order valence-electron chi connectivity index (χ0n) is 16.5. The molecule has 4 atom stereocenters. The maximum Gasteiger partial charge on any atom is 0.263 e. The summed E-state index contributed by atoms with van der Waals surface area (Å²) in [5.74, 6) is 0.389. The van der Waals surface area contributed by atoms with E-state index in [9.17, 15) is 19.0 Å². The van der Waals surface area contributed by atoms with Crippen LogP contribution in [0.3, 0.4) is 0 Å². The third kappa shape index (κ3) is 3.41. The fourth-order valence-corrected chi connectivity index (χ4v) is 5.00. The van der Waals surface area contributed by atoms with Gasteiger partial charge in [-0.1, -0.05) is 18.9 Å². The molecule has 2 aliphatic heterocycles. The summed E-state index contributed by atoms with van der Waals surface area (Å²) in [6, 6.07) is 3.80. The van der Waals surface area contributed by atoms with Crippen molar-refractivity contribution in [2.24, 2.45) is 0 Å². The predicted octanol–water partition coefficient (Wildman–Crippen LogP) is 4.28. The monoisotopic (exact) mass is 417 g/mol. The maximum absolute atomic E-state index is 13.0. The Labute approximate surface area is 173 Å². The van der Waals surface area contributed by atoms with Crippen LogP contribution in [-0.2, 0) is 11.2 Å². The van der Waals surface area contributed by atoms with Crippen LogP contribution >= 0.6 is 0 Å². The average molecular weight is 417 g/mol. The predicted molar refractivity (Wildman–Crippen MR) is 107 cm³/mol. The second-order valence-corrected chi connectivity index (χ2v) is 8.50. The molecule has 6 nitrogen and oxygen atoms in total. The molecule has 3 heterocycles. The number of aliphatic hydroxyl groups excluding tert-OH is 1. The Morgan fingerprint density at radius 1 is 1.10 bits per heavy atom. The van der Waals surface area contributed by atoms with Crippen LogP contribution in [-0.4, -0.2) is 38.7 Å². The number of nitrogens with one attached hydrogen (secondary N) is 1. The molecule has 2 bridgehead atoms. The minimum atomic E-state index is -2.65. The standard InChI is InChI=1S/C22H25F2N3O3/c23-21(24)11-5-7-13(17(29)9-11)20-14-10-12-6-8-18(30-12)19(14)22(27-26-20)25-15-3-1-2-4-16(15)28/h5,7,9,12,15-16,18,21,28-29H,1-4,6,8,10H2,(H,25,27)/t12-,15+,16+,18+/m0/s1. The maximum atomic E-state index is 13.0. The van der Waals surface area contributed by atoms with Crippen molar-refractivity contribution in [3.63, 3.8) is 0 Å². The average Bonchev–Trinajstić information content (AvgIpc) is 3.11. The van der Waals surface area contributed by atoms with E-state index in [1.807, 2.05) is 0 Å². The molecule has 5 rings (SSSR count). The summed E-state index contributed by atoms with van der Waals surface area (Å²) in [7, 11) is 0. The summed E-state index contributed by atoms with van der Waals surface area (Å²) in [5.41, 5.74) is 2.54. The summed E-state index contributed by atoms with van der Waals surface area (Å²) < 4.78 is 32.1. The summed E-state index contributed by atoms with van der Waals surface area (Å²) >= 11 is 0. The Morgan fingerprint density at radius 2 is 1.93 bits per heavy atom. The molecule has 3 N–H and O–H groups in total. The SMILES string of the molecule is Oc1cc(C(F)F)ccc1-c1nnc(N[C@@H]2CCCC[C@H]2O)c2c1C[C@@H]1CC[C@H]2O1. The number of hydrogen-bond donors (Lipinski definition) is 3. The normalized spacial score (nSPS) is 27.9. The molecule has 2 aromatic rings. The van der Waals surface area contributed by atoms with Gasteiger partial charge in [0.2, 0.25) is 0 Å². The summed E-state index contributed by atoms with van der Waals surface area (Å²) in [6.07, 6.45) is 3.03. The van der Waals surface area contributed by atoms with Crippen LogP contribution in [0.5, 0.6) is 5.75 Å². The summed E-state index contributed by atoms with van der Waals surface area (Å²) in [4.78, 5) is 0. The van der Waals surface area contributed by atoms with E-state index in [2.05, 4.69) is 15.5 Å². The van der Waals surface area contributed by atoms with E-state index in [4.69, 9.17) is 4.74 Å². The topological polar surface area (TPSA) is 87.5 Å². The first kappa shape index (κ1) is 19.6. The number of fused-ring (bicyclic) bond motifs is 4. The number of halogens is 2. The van der Waals surface area contributed by atoms with E-state index in [0.717, 1.165) is 55.7 Å². The molecule has 30 heavy (non-hydrogen) atoms. The van der Waals surface area contributed by atoms with E-state index < -0.39 is 12.5 Å². The van der Waals surface area contributed by atoms with Gasteiger partial charge in [-0.15, -0.1) is 10.2 Å². The van der Waals surface area contributed by atoms with Crippen molar-refractivity contribution in [3.8, 4) is 17.0 Å². The molecule has 1 aromatic carbocycles. The molecule has 8 heteroatoms. The van der Waals surface area contributed by atoms with Gasteiger partial charge in [-0.2, -0.15) is 0 Å². The molecule has 0 unspecified atom stereocenters. The lowest BCUT2D eigenvalue weighted by Crippen LogP contribution is -2.37. The van der Waals surface area contributed by atoms with Gasteiger partial charge >= 0.3 is 0 Å².